The standard InChI is InChI=1S/C17H21NO2/c1-2-11-20-15-6-5-13-3-4-14-7-9-18(19)10-8-16(14)17(13)12-15/h3-6,12,19H,2,7-11H2,1H3. The van der Waals surface area contributed by atoms with E-state index in [0.29, 0.717) is 13.1 Å². The molecule has 1 aliphatic heterocycles. The van der Waals surface area contributed by atoms with Crippen LogP contribution in [0.1, 0.15) is 24.5 Å². The molecule has 106 valence electrons. The fourth-order valence-electron chi connectivity index (χ4n) is 2.85. The minimum atomic E-state index is 0.701. The molecule has 1 heterocycles. The van der Waals surface area contributed by atoms with E-state index in [2.05, 4.69) is 31.2 Å². The van der Waals surface area contributed by atoms with Crippen molar-refractivity contribution >= 4 is 10.8 Å². The summed E-state index contributed by atoms with van der Waals surface area (Å²) >= 11 is 0. The fourth-order valence-corrected chi connectivity index (χ4v) is 2.85. The van der Waals surface area contributed by atoms with Gasteiger partial charge in [0.25, 0.3) is 0 Å². The van der Waals surface area contributed by atoms with Crippen molar-refractivity contribution in [3.8, 4) is 5.75 Å². The van der Waals surface area contributed by atoms with Crippen molar-refractivity contribution in [3.05, 3.63) is 41.5 Å². The predicted molar refractivity (Wildman–Crippen MR) is 80.5 cm³/mol. The predicted octanol–water partition coefficient (Wildman–Crippen LogP) is 3.42. The van der Waals surface area contributed by atoms with Gasteiger partial charge in [0.1, 0.15) is 5.75 Å². The fraction of sp³-hybridized carbons (Fsp3) is 0.412. The summed E-state index contributed by atoms with van der Waals surface area (Å²) in [7, 11) is 0. The monoisotopic (exact) mass is 271 g/mol. The minimum Gasteiger partial charge on any atom is -0.494 e. The van der Waals surface area contributed by atoms with E-state index >= 15 is 0 Å². The van der Waals surface area contributed by atoms with Crippen LogP contribution >= 0.6 is 0 Å². The summed E-state index contributed by atoms with van der Waals surface area (Å²) in [5.74, 6) is 0.942. The van der Waals surface area contributed by atoms with E-state index in [0.717, 1.165) is 31.6 Å². The molecule has 0 aliphatic carbocycles. The van der Waals surface area contributed by atoms with Gasteiger partial charge in [-0.15, -0.1) is 0 Å². The lowest BCUT2D eigenvalue weighted by Gasteiger charge is -2.12. The summed E-state index contributed by atoms with van der Waals surface area (Å²) < 4.78 is 5.75. The normalized spacial score (nSPS) is 15.9. The Hall–Kier alpha value is -1.58. The van der Waals surface area contributed by atoms with E-state index < -0.39 is 0 Å². The molecule has 2 aromatic carbocycles. The van der Waals surface area contributed by atoms with Crippen LogP contribution in [0.2, 0.25) is 0 Å². The molecular weight excluding hydrogens is 250 g/mol. The summed E-state index contributed by atoms with van der Waals surface area (Å²) in [6, 6.07) is 10.7. The lowest BCUT2D eigenvalue weighted by atomic mass is 9.95. The summed E-state index contributed by atoms with van der Waals surface area (Å²) in [6.07, 6.45) is 2.81. The third kappa shape index (κ3) is 2.65. The van der Waals surface area contributed by atoms with Crippen LogP contribution in [0.25, 0.3) is 10.8 Å². The van der Waals surface area contributed by atoms with Crippen molar-refractivity contribution in [1.29, 1.82) is 0 Å². The molecule has 0 aromatic heterocycles. The van der Waals surface area contributed by atoms with Crippen LogP contribution in [0.5, 0.6) is 5.75 Å². The maximum Gasteiger partial charge on any atom is 0.119 e. The third-order valence-electron chi connectivity index (χ3n) is 3.93. The number of nitrogens with zero attached hydrogens (tertiary/aromatic N) is 1. The Morgan fingerprint density at radius 1 is 1.15 bits per heavy atom. The molecule has 0 radical (unpaired) electrons. The first-order valence-corrected chi connectivity index (χ1v) is 7.39. The van der Waals surface area contributed by atoms with Gasteiger partial charge in [-0.3, -0.25) is 0 Å². The molecule has 1 N–H and O–H groups in total. The first-order valence-electron chi connectivity index (χ1n) is 7.39. The van der Waals surface area contributed by atoms with Crippen molar-refractivity contribution in [1.82, 2.24) is 5.06 Å². The topological polar surface area (TPSA) is 32.7 Å². The second-order valence-electron chi connectivity index (χ2n) is 5.39. The highest BCUT2D eigenvalue weighted by Gasteiger charge is 2.15. The highest BCUT2D eigenvalue weighted by atomic mass is 16.5. The SMILES string of the molecule is CCCOc1ccc2ccc3c(c2c1)CCN(O)CC3. The van der Waals surface area contributed by atoms with Crippen LogP contribution in [0.4, 0.5) is 0 Å². The van der Waals surface area contributed by atoms with Crippen LogP contribution in [0.3, 0.4) is 0 Å². The van der Waals surface area contributed by atoms with E-state index in [1.165, 1.54) is 27.0 Å². The number of hydrogen-bond donors (Lipinski definition) is 1. The Bertz CT molecular complexity index is 609. The van der Waals surface area contributed by atoms with E-state index in [4.69, 9.17) is 4.74 Å². The average molecular weight is 271 g/mol. The molecule has 0 fully saturated rings. The number of rotatable bonds is 3. The van der Waals surface area contributed by atoms with E-state index in [9.17, 15) is 5.21 Å². The first-order chi connectivity index (χ1) is 9.78. The molecule has 0 unspecified atom stereocenters. The zero-order chi connectivity index (χ0) is 13.9. The molecule has 0 saturated carbocycles. The van der Waals surface area contributed by atoms with Gasteiger partial charge in [0.15, 0.2) is 0 Å². The van der Waals surface area contributed by atoms with E-state index in [1.807, 2.05) is 6.07 Å². The average Bonchev–Trinajstić information content (AvgIpc) is 2.67. The van der Waals surface area contributed by atoms with Crippen LogP contribution in [-0.4, -0.2) is 30.0 Å². The number of fused-ring (bicyclic) bond motifs is 3. The molecule has 3 rings (SSSR count). The second-order valence-corrected chi connectivity index (χ2v) is 5.39. The highest BCUT2D eigenvalue weighted by molar-refractivity contribution is 5.88. The van der Waals surface area contributed by atoms with Crippen LogP contribution in [0.15, 0.2) is 30.3 Å². The molecular formula is C17H21NO2. The van der Waals surface area contributed by atoms with E-state index in [1.54, 1.807) is 0 Å². The number of hydroxylamine groups is 2. The minimum absolute atomic E-state index is 0.701. The zero-order valence-corrected chi connectivity index (χ0v) is 11.9. The Morgan fingerprint density at radius 2 is 1.95 bits per heavy atom. The van der Waals surface area contributed by atoms with Crippen molar-refractivity contribution in [3.63, 3.8) is 0 Å². The molecule has 3 nitrogen and oxygen atoms in total. The van der Waals surface area contributed by atoms with Gasteiger partial charge in [0.2, 0.25) is 0 Å². The van der Waals surface area contributed by atoms with Gasteiger partial charge >= 0.3 is 0 Å². The first kappa shape index (κ1) is 13.4. The van der Waals surface area contributed by atoms with Gasteiger partial charge in [0, 0.05) is 13.1 Å². The van der Waals surface area contributed by atoms with Gasteiger partial charge in [-0.2, -0.15) is 5.06 Å². The summed E-state index contributed by atoms with van der Waals surface area (Å²) in [4.78, 5) is 0. The largest absolute Gasteiger partial charge is 0.494 e. The smallest absolute Gasteiger partial charge is 0.119 e. The molecule has 0 atom stereocenters. The zero-order valence-electron chi connectivity index (χ0n) is 11.9. The van der Waals surface area contributed by atoms with Gasteiger partial charge in [-0.25, -0.2) is 0 Å². The Labute approximate surface area is 119 Å². The molecule has 2 aromatic rings. The number of benzene rings is 2. The Balaban J connectivity index is 2.03. The molecule has 1 aliphatic rings. The molecule has 0 bridgehead atoms. The number of hydrogen-bond acceptors (Lipinski definition) is 3. The molecule has 0 spiro atoms. The lowest BCUT2D eigenvalue weighted by Crippen LogP contribution is -2.21. The van der Waals surface area contributed by atoms with Crippen molar-refractivity contribution in [2.24, 2.45) is 0 Å². The van der Waals surface area contributed by atoms with Crippen LogP contribution in [-0.2, 0) is 12.8 Å². The Morgan fingerprint density at radius 3 is 2.80 bits per heavy atom. The number of ether oxygens (including phenoxy) is 1. The van der Waals surface area contributed by atoms with Gasteiger partial charge in [-0.1, -0.05) is 25.1 Å². The lowest BCUT2D eigenvalue weighted by molar-refractivity contribution is -0.0866. The highest BCUT2D eigenvalue weighted by Crippen LogP contribution is 2.29. The van der Waals surface area contributed by atoms with Gasteiger partial charge < -0.3 is 9.94 Å². The summed E-state index contributed by atoms with van der Waals surface area (Å²) in [6.45, 7) is 4.28. The summed E-state index contributed by atoms with van der Waals surface area (Å²) in [5, 5.41) is 13.7. The van der Waals surface area contributed by atoms with Gasteiger partial charge in [0.05, 0.1) is 6.61 Å². The Kier molecular flexibility index (Phi) is 3.90. The maximum absolute atomic E-state index is 9.71. The van der Waals surface area contributed by atoms with Gasteiger partial charge in [-0.05, 0) is 53.3 Å². The molecule has 0 amide bonds. The van der Waals surface area contributed by atoms with Crippen LogP contribution in [0, 0.1) is 0 Å². The molecule has 0 saturated heterocycles. The van der Waals surface area contributed by atoms with Crippen LogP contribution < -0.4 is 4.74 Å². The maximum atomic E-state index is 9.71. The van der Waals surface area contributed by atoms with Crippen molar-refractivity contribution in [2.75, 3.05) is 19.7 Å². The van der Waals surface area contributed by atoms with E-state index in [-0.39, 0.29) is 0 Å². The quantitative estimate of drug-likeness (QED) is 0.928. The van der Waals surface area contributed by atoms with Crippen molar-refractivity contribution < 1.29 is 9.94 Å². The molecule has 3 heteroatoms. The van der Waals surface area contributed by atoms with Crippen molar-refractivity contribution in [2.45, 2.75) is 26.2 Å². The second kappa shape index (κ2) is 5.81. The summed E-state index contributed by atoms with van der Waals surface area (Å²) in [5.41, 5.74) is 2.71. The third-order valence-corrected chi connectivity index (χ3v) is 3.93. The molecule has 20 heavy (non-hydrogen) atoms.